The van der Waals surface area contributed by atoms with Crippen molar-refractivity contribution in [3.63, 3.8) is 0 Å². The second-order valence-electron chi connectivity index (χ2n) is 12.1. The third-order valence-electron chi connectivity index (χ3n) is 9.46. The Morgan fingerprint density at radius 3 is 1.62 bits per heavy atom. The van der Waals surface area contributed by atoms with Gasteiger partial charge in [-0.3, -0.25) is 0 Å². The average Bonchev–Trinajstić information content (AvgIpc) is 3.15. The monoisotopic (exact) mass is 597 g/mol. The van der Waals surface area contributed by atoms with Crippen LogP contribution in [0.2, 0.25) is 0 Å². The summed E-state index contributed by atoms with van der Waals surface area (Å²) in [6, 6.07) is 68.3. The maximum absolute atomic E-state index is 2.45. The predicted octanol–water partition coefficient (Wildman–Crippen LogP) is 13.1. The van der Waals surface area contributed by atoms with Gasteiger partial charge in [0.25, 0.3) is 0 Å². The molecule has 0 atom stereocenters. The number of hydrogen-bond acceptors (Lipinski definition) is 1. The highest BCUT2D eigenvalue weighted by atomic mass is 15.1. The van der Waals surface area contributed by atoms with Crippen molar-refractivity contribution in [1.82, 2.24) is 0 Å². The topological polar surface area (TPSA) is 3.24 Å². The fourth-order valence-electron chi connectivity index (χ4n) is 7.23. The molecule has 0 unspecified atom stereocenters. The Balaban J connectivity index is 1.31. The maximum atomic E-state index is 2.45. The molecule has 1 heteroatoms. The summed E-state index contributed by atoms with van der Waals surface area (Å²) in [4.78, 5) is 2.45. The van der Waals surface area contributed by atoms with Gasteiger partial charge in [0, 0.05) is 16.6 Å². The third-order valence-corrected chi connectivity index (χ3v) is 9.46. The van der Waals surface area contributed by atoms with E-state index in [1.54, 1.807) is 0 Å². The minimum atomic E-state index is 1.11. The van der Waals surface area contributed by atoms with Crippen LogP contribution in [0.15, 0.2) is 188 Å². The van der Waals surface area contributed by atoms with E-state index in [0.717, 1.165) is 17.1 Å². The number of benzene rings is 9. The van der Waals surface area contributed by atoms with Gasteiger partial charge in [0.2, 0.25) is 0 Å². The van der Waals surface area contributed by atoms with Gasteiger partial charge < -0.3 is 4.90 Å². The van der Waals surface area contributed by atoms with Crippen LogP contribution in [-0.2, 0) is 0 Å². The summed E-state index contributed by atoms with van der Waals surface area (Å²) in [5, 5.41) is 10.0. The van der Waals surface area contributed by atoms with E-state index in [-0.39, 0.29) is 0 Å². The van der Waals surface area contributed by atoms with Crippen LogP contribution in [0.3, 0.4) is 0 Å². The van der Waals surface area contributed by atoms with Gasteiger partial charge in [-0.1, -0.05) is 164 Å². The number of rotatable bonds is 5. The van der Waals surface area contributed by atoms with Crippen LogP contribution in [-0.4, -0.2) is 0 Å². The van der Waals surface area contributed by atoms with Gasteiger partial charge in [0.05, 0.1) is 11.4 Å². The standard InChI is InChI=1S/C46H31N/c1-2-12-32(13-3-1)33-24-27-36(28-25-33)47(45-22-9-8-19-43(45)39-20-10-16-34-14-4-6-17-37(34)39)46-23-11-21-40-42-29-26-35-15-5-7-18-38(35)41(42)30-31-44(40)46/h1-31H. The normalized spacial score (nSPS) is 11.4. The van der Waals surface area contributed by atoms with Gasteiger partial charge in [0.15, 0.2) is 0 Å². The van der Waals surface area contributed by atoms with Crippen molar-refractivity contribution in [2.45, 2.75) is 0 Å². The highest BCUT2D eigenvalue weighted by molar-refractivity contribution is 6.20. The lowest BCUT2D eigenvalue weighted by Crippen LogP contribution is -2.12. The molecular formula is C46H31N. The Labute approximate surface area is 274 Å². The molecule has 0 amide bonds. The molecule has 47 heavy (non-hydrogen) atoms. The zero-order valence-electron chi connectivity index (χ0n) is 25.8. The molecule has 0 spiro atoms. The summed E-state index contributed by atoms with van der Waals surface area (Å²) >= 11 is 0. The van der Waals surface area contributed by atoms with Crippen LogP contribution in [0.5, 0.6) is 0 Å². The van der Waals surface area contributed by atoms with E-state index < -0.39 is 0 Å². The Morgan fingerprint density at radius 1 is 0.255 bits per heavy atom. The first kappa shape index (κ1) is 27.2. The van der Waals surface area contributed by atoms with Crippen molar-refractivity contribution in [1.29, 1.82) is 0 Å². The lowest BCUT2D eigenvalue weighted by atomic mass is 9.94. The lowest BCUT2D eigenvalue weighted by Gasteiger charge is -2.29. The lowest BCUT2D eigenvalue weighted by molar-refractivity contribution is 1.30. The fraction of sp³-hybridized carbons (Fsp3) is 0. The molecule has 0 radical (unpaired) electrons. The van der Waals surface area contributed by atoms with E-state index in [0.29, 0.717) is 0 Å². The van der Waals surface area contributed by atoms with Crippen molar-refractivity contribution in [3.05, 3.63) is 188 Å². The molecule has 9 aromatic carbocycles. The third kappa shape index (κ3) is 4.64. The average molecular weight is 598 g/mol. The van der Waals surface area contributed by atoms with Gasteiger partial charge in [0.1, 0.15) is 0 Å². The molecule has 0 aliphatic rings. The summed E-state index contributed by atoms with van der Waals surface area (Å²) < 4.78 is 0. The summed E-state index contributed by atoms with van der Waals surface area (Å²) in [6.45, 7) is 0. The molecule has 0 bridgehead atoms. The van der Waals surface area contributed by atoms with Crippen LogP contribution in [0, 0.1) is 0 Å². The Kier molecular flexibility index (Phi) is 6.54. The van der Waals surface area contributed by atoms with Crippen molar-refractivity contribution in [3.8, 4) is 22.3 Å². The highest BCUT2D eigenvalue weighted by Gasteiger charge is 2.20. The largest absolute Gasteiger partial charge is 0.309 e. The molecule has 220 valence electrons. The van der Waals surface area contributed by atoms with Crippen LogP contribution in [0.4, 0.5) is 17.1 Å². The smallest absolute Gasteiger partial charge is 0.0540 e. The molecule has 0 aliphatic heterocycles. The molecule has 0 fully saturated rings. The van der Waals surface area contributed by atoms with E-state index in [4.69, 9.17) is 0 Å². The first-order valence-corrected chi connectivity index (χ1v) is 16.2. The SMILES string of the molecule is c1ccc(-c2ccc(N(c3ccccc3-c3cccc4ccccc34)c3cccc4c3ccc3c5ccccc5ccc43)cc2)cc1. The summed E-state index contributed by atoms with van der Waals surface area (Å²) in [6.07, 6.45) is 0. The van der Waals surface area contributed by atoms with Gasteiger partial charge >= 0.3 is 0 Å². The molecule has 9 aromatic rings. The first-order valence-electron chi connectivity index (χ1n) is 16.2. The van der Waals surface area contributed by atoms with Gasteiger partial charge in [-0.2, -0.15) is 0 Å². The number of anilines is 3. The van der Waals surface area contributed by atoms with Crippen molar-refractivity contribution < 1.29 is 0 Å². The molecular weight excluding hydrogens is 567 g/mol. The van der Waals surface area contributed by atoms with Crippen molar-refractivity contribution >= 4 is 60.2 Å². The summed E-state index contributed by atoms with van der Waals surface area (Å²) in [5.74, 6) is 0. The van der Waals surface area contributed by atoms with Crippen molar-refractivity contribution in [2.24, 2.45) is 0 Å². The molecule has 0 N–H and O–H groups in total. The zero-order chi connectivity index (χ0) is 31.2. The minimum absolute atomic E-state index is 1.11. The van der Waals surface area contributed by atoms with Crippen LogP contribution in [0.25, 0.3) is 65.3 Å². The summed E-state index contributed by atoms with van der Waals surface area (Å²) in [7, 11) is 0. The van der Waals surface area contributed by atoms with E-state index >= 15 is 0 Å². The van der Waals surface area contributed by atoms with Gasteiger partial charge in [-0.25, -0.2) is 0 Å². The Bertz CT molecular complexity index is 2560. The first-order chi connectivity index (χ1) is 23.3. The van der Waals surface area contributed by atoms with Gasteiger partial charge in [-0.05, 0) is 78.7 Å². The second kappa shape index (κ2) is 11.3. The van der Waals surface area contributed by atoms with E-state index in [1.165, 1.54) is 65.3 Å². The molecule has 0 aliphatic carbocycles. The van der Waals surface area contributed by atoms with Crippen LogP contribution < -0.4 is 4.90 Å². The maximum Gasteiger partial charge on any atom is 0.0540 e. The molecule has 0 saturated heterocycles. The number of nitrogens with zero attached hydrogens (tertiary/aromatic N) is 1. The minimum Gasteiger partial charge on any atom is -0.309 e. The molecule has 9 rings (SSSR count). The highest BCUT2D eigenvalue weighted by Crippen LogP contribution is 2.46. The predicted molar refractivity (Wildman–Crippen MR) is 202 cm³/mol. The molecule has 0 saturated carbocycles. The molecule has 0 heterocycles. The van der Waals surface area contributed by atoms with Crippen molar-refractivity contribution in [2.75, 3.05) is 4.90 Å². The number of fused-ring (bicyclic) bond motifs is 6. The Morgan fingerprint density at radius 2 is 0.766 bits per heavy atom. The van der Waals surface area contributed by atoms with Crippen LogP contribution in [0.1, 0.15) is 0 Å². The number of hydrogen-bond donors (Lipinski definition) is 0. The Hall–Kier alpha value is -6.18. The molecule has 1 nitrogen and oxygen atoms in total. The van der Waals surface area contributed by atoms with E-state index in [9.17, 15) is 0 Å². The second-order valence-corrected chi connectivity index (χ2v) is 12.1. The van der Waals surface area contributed by atoms with Crippen LogP contribution >= 0.6 is 0 Å². The van der Waals surface area contributed by atoms with E-state index in [2.05, 4.69) is 193 Å². The quantitative estimate of drug-likeness (QED) is 0.178. The zero-order valence-corrected chi connectivity index (χ0v) is 25.8. The molecule has 0 aromatic heterocycles. The van der Waals surface area contributed by atoms with Gasteiger partial charge in [-0.15, -0.1) is 0 Å². The van der Waals surface area contributed by atoms with E-state index in [1.807, 2.05) is 0 Å². The fourth-order valence-corrected chi connectivity index (χ4v) is 7.23. The number of para-hydroxylation sites is 1. The summed E-state index contributed by atoms with van der Waals surface area (Å²) in [5.41, 5.74) is 8.24.